The van der Waals surface area contributed by atoms with Crippen molar-refractivity contribution in [2.24, 2.45) is 0 Å². The summed E-state index contributed by atoms with van der Waals surface area (Å²) >= 11 is 7.71. The number of rotatable bonds is 8. The molecule has 0 saturated heterocycles. The Morgan fingerprint density at radius 1 is 1.36 bits per heavy atom. The molecule has 1 N–H and O–H groups in total. The van der Waals surface area contributed by atoms with E-state index in [1.807, 2.05) is 47.7 Å². The van der Waals surface area contributed by atoms with E-state index in [1.54, 1.807) is 0 Å². The fourth-order valence-corrected chi connectivity index (χ4v) is 3.73. The van der Waals surface area contributed by atoms with Crippen LogP contribution in [-0.4, -0.2) is 20.9 Å². The molecule has 1 aromatic carbocycles. The summed E-state index contributed by atoms with van der Waals surface area (Å²) < 4.78 is 1.98. The van der Waals surface area contributed by atoms with Gasteiger partial charge in [0.15, 0.2) is 0 Å². The van der Waals surface area contributed by atoms with Crippen LogP contribution in [0.25, 0.3) is 11.0 Å². The van der Waals surface area contributed by atoms with E-state index in [0.717, 1.165) is 29.0 Å². The highest BCUT2D eigenvalue weighted by atomic mass is 35.5. The first-order chi connectivity index (χ1) is 13.4. The third-order valence-corrected chi connectivity index (χ3v) is 5.72. The van der Waals surface area contributed by atoms with Gasteiger partial charge in [0.2, 0.25) is 0 Å². The smallest absolute Gasteiger partial charge is 0.149 e. The summed E-state index contributed by atoms with van der Waals surface area (Å²) in [5.74, 6) is 0.871. The normalized spacial score (nSPS) is 11.6. The molecule has 0 unspecified atom stereocenters. The van der Waals surface area contributed by atoms with Crippen LogP contribution in [0.2, 0.25) is 5.02 Å². The van der Waals surface area contributed by atoms with Crippen molar-refractivity contribution in [1.29, 1.82) is 0 Å². The van der Waals surface area contributed by atoms with Gasteiger partial charge in [-0.1, -0.05) is 39.0 Å². The van der Waals surface area contributed by atoms with Gasteiger partial charge in [0.1, 0.15) is 5.82 Å². The lowest BCUT2D eigenvalue weighted by Crippen LogP contribution is -2.25. The Kier molecular flexibility index (Phi) is 6.20. The van der Waals surface area contributed by atoms with Gasteiger partial charge >= 0.3 is 0 Å². The molecule has 0 aliphatic heterocycles. The lowest BCUT2D eigenvalue weighted by Gasteiger charge is -2.30. The van der Waals surface area contributed by atoms with Crippen LogP contribution in [0.5, 0.6) is 0 Å². The fourth-order valence-electron chi connectivity index (χ4n) is 3.18. The highest BCUT2D eigenvalue weighted by molar-refractivity contribution is 7.99. The first kappa shape index (κ1) is 20.6. The molecule has 5 nitrogen and oxygen atoms in total. The average molecular weight is 416 g/mol. The van der Waals surface area contributed by atoms with E-state index in [9.17, 15) is 0 Å². The molecule has 0 radical (unpaired) electrons. The number of pyridine rings is 1. The van der Waals surface area contributed by atoms with Gasteiger partial charge in [0.05, 0.1) is 29.5 Å². The Morgan fingerprint density at radius 2 is 2.14 bits per heavy atom. The van der Waals surface area contributed by atoms with Crippen molar-refractivity contribution in [3.8, 4) is 0 Å². The van der Waals surface area contributed by atoms with E-state index >= 15 is 0 Å². The van der Waals surface area contributed by atoms with Crippen LogP contribution in [0.4, 0.5) is 5.69 Å². The lowest BCUT2D eigenvalue weighted by molar-refractivity contribution is 0.505. The second-order valence-electron chi connectivity index (χ2n) is 7.23. The number of nitrogens with zero attached hydrogens (tertiary/aromatic N) is 4. The van der Waals surface area contributed by atoms with E-state index in [-0.39, 0.29) is 5.41 Å². The number of benzene rings is 1. The number of halogens is 1. The van der Waals surface area contributed by atoms with Gasteiger partial charge in [-0.3, -0.25) is 9.82 Å². The number of aromatic nitrogens is 3. The summed E-state index contributed by atoms with van der Waals surface area (Å²) in [5.41, 5.74) is 4.16. The third-order valence-electron chi connectivity index (χ3n) is 5.12. The predicted octanol–water partition coefficient (Wildman–Crippen LogP) is 5.74. The van der Waals surface area contributed by atoms with Crippen molar-refractivity contribution >= 4 is 40.3 Å². The van der Waals surface area contributed by atoms with Gasteiger partial charge in [0, 0.05) is 17.5 Å². The van der Waals surface area contributed by atoms with E-state index in [4.69, 9.17) is 16.6 Å². The Morgan fingerprint density at radius 3 is 2.82 bits per heavy atom. The van der Waals surface area contributed by atoms with Crippen molar-refractivity contribution in [2.45, 2.75) is 39.2 Å². The lowest BCUT2D eigenvalue weighted by atomic mass is 9.81. The minimum Gasteiger partial charge on any atom is -0.339 e. The zero-order valence-corrected chi connectivity index (χ0v) is 18.3. The molecule has 7 heteroatoms. The first-order valence-corrected chi connectivity index (χ1v) is 10.8. The molecule has 0 spiro atoms. The molecule has 148 valence electrons. The van der Waals surface area contributed by atoms with Crippen LogP contribution < -0.4 is 9.73 Å². The number of fused-ring (bicyclic) bond motifs is 1. The van der Waals surface area contributed by atoms with Crippen molar-refractivity contribution in [1.82, 2.24) is 14.6 Å². The Hall–Kier alpha value is -2.18. The van der Waals surface area contributed by atoms with Gasteiger partial charge in [0.25, 0.3) is 0 Å². The summed E-state index contributed by atoms with van der Waals surface area (Å²) in [6, 6.07) is 7.81. The summed E-state index contributed by atoms with van der Waals surface area (Å²) in [7, 11) is 0. The molecule has 3 rings (SSSR count). The number of hydrogen-bond acceptors (Lipinski definition) is 5. The standard InChI is InChI=1S/C21H26ClN5S/c1-6-21(3,4)16-10-11-23-13-19(16)26(7-2)14-20-24-17-9-8-15(22)12-18(17)27(20)25-28-5/h7-13,25H,2,6,14H2,1,3-5H3. The molecule has 28 heavy (non-hydrogen) atoms. The molecule has 0 fully saturated rings. The van der Waals surface area contributed by atoms with Gasteiger partial charge < -0.3 is 4.90 Å². The molecule has 0 aliphatic carbocycles. The second-order valence-corrected chi connectivity index (χ2v) is 8.26. The SMILES string of the molecule is C=CN(Cc1nc2ccc(Cl)cc2n1NSC)c1cnccc1C(C)(C)CC. The molecule has 2 aromatic heterocycles. The van der Waals surface area contributed by atoms with Gasteiger partial charge in [-0.05, 0) is 59.8 Å². The molecular weight excluding hydrogens is 390 g/mol. The van der Waals surface area contributed by atoms with Gasteiger partial charge in [-0.2, -0.15) is 0 Å². The Balaban J connectivity index is 2.06. The van der Waals surface area contributed by atoms with Crippen LogP contribution >= 0.6 is 23.5 Å². The molecule has 0 amide bonds. The van der Waals surface area contributed by atoms with Crippen LogP contribution in [0.1, 0.15) is 38.6 Å². The number of hydrogen-bond donors (Lipinski definition) is 1. The zero-order valence-electron chi connectivity index (χ0n) is 16.7. The second kappa shape index (κ2) is 8.45. The largest absolute Gasteiger partial charge is 0.339 e. The summed E-state index contributed by atoms with van der Waals surface area (Å²) in [6.45, 7) is 11.3. The molecule has 0 atom stereocenters. The van der Waals surface area contributed by atoms with E-state index in [0.29, 0.717) is 11.6 Å². The summed E-state index contributed by atoms with van der Waals surface area (Å²) in [5, 5.41) is 0.683. The molecule has 2 heterocycles. The van der Waals surface area contributed by atoms with Gasteiger partial charge in [-0.25, -0.2) is 9.66 Å². The maximum absolute atomic E-state index is 6.21. The minimum absolute atomic E-state index is 0.0325. The van der Waals surface area contributed by atoms with Crippen molar-refractivity contribution in [3.63, 3.8) is 0 Å². The van der Waals surface area contributed by atoms with Crippen LogP contribution in [0, 0.1) is 0 Å². The monoisotopic (exact) mass is 415 g/mol. The van der Waals surface area contributed by atoms with E-state index in [1.165, 1.54) is 17.5 Å². The first-order valence-electron chi connectivity index (χ1n) is 9.20. The number of nitrogens with one attached hydrogen (secondary N) is 1. The van der Waals surface area contributed by atoms with E-state index < -0.39 is 0 Å². The molecule has 0 saturated carbocycles. The molecule has 0 bridgehead atoms. The predicted molar refractivity (Wildman–Crippen MR) is 122 cm³/mol. The van der Waals surface area contributed by atoms with Crippen LogP contribution in [0.3, 0.4) is 0 Å². The third kappa shape index (κ3) is 3.98. The van der Waals surface area contributed by atoms with E-state index in [2.05, 4.69) is 48.1 Å². The highest BCUT2D eigenvalue weighted by Gasteiger charge is 2.24. The van der Waals surface area contributed by atoms with Crippen molar-refractivity contribution < 1.29 is 0 Å². The highest BCUT2D eigenvalue weighted by Crippen LogP contribution is 2.35. The number of anilines is 1. The van der Waals surface area contributed by atoms with Gasteiger partial charge in [-0.15, -0.1) is 0 Å². The number of imidazole rings is 1. The maximum atomic E-state index is 6.21. The Bertz CT molecular complexity index is 982. The molecular formula is C21H26ClN5S. The average Bonchev–Trinajstić information content (AvgIpc) is 3.03. The maximum Gasteiger partial charge on any atom is 0.149 e. The minimum atomic E-state index is 0.0325. The molecule has 3 aromatic rings. The Labute approximate surface area is 175 Å². The quantitative estimate of drug-likeness (QED) is 0.475. The zero-order chi connectivity index (χ0) is 20.3. The molecule has 0 aliphatic rings. The fraction of sp³-hybridized carbons (Fsp3) is 0.333. The van der Waals surface area contributed by atoms with Crippen LogP contribution in [0.15, 0.2) is 49.4 Å². The summed E-state index contributed by atoms with van der Waals surface area (Å²) in [4.78, 5) is 14.6. The topological polar surface area (TPSA) is 46.0 Å². The van der Waals surface area contributed by atoms with Crippen molar-refractivity contribution in [2.75, 3.05) is 16.0 Å². The summed E-state index contributed by atoms with van der Waals surface area (Å²) in [6.07, 6.45) is 8.60. The van der Waals surface area contributed by atoms with Crippen LogP contribution in [-0.2, 0) is 12.0 Å². The van der Waals surface area contributed by atoms with Crippen molar-refractivity contribution in [3.05, 3.63) is 65.8 Å².